The first-order chi connectivity index (χ1) is 10.1. The molecule has 0 aliphatic rings. The van der Waals surface area contributed by atoms with E-state index in [2.05, 4.69) is 10.3 Å². The highest BCUT2D eigenvalue weighted by Crippen LogP contribution is 2.15. The lowest BCUT2D eigenvalue weighted by Gasteiger charge is -2.21. The molecule has 0 radical (unpaired) electrons. The number of carbonyl (C=O) groups is 2. The molecule has 1 aromatic carbocycles. The lowest BCUT2D eigenvalue weighted by atomic mass is 9.98. The van der Waals surface area contributed by atoms with Crippen LogP contribution in [0.3, 0.4) is 0 Å². The minimum atomic E-state index is -0.630. The smallest absolute Gasteiger partial charge is 0.328 e. The second-order valence-corrected chi connectivity index (χ2v) is 5.14. The van der Waals surface area contributed by atoms with E-state index in [1.165, 1.54) is 7.11 Å². The SMILES string of the molecule is CC[C@H](C)[C@@H](NC(=O)c1ccc2[nH]ccc2c1)C(=O)OC. The van der Waals surface area contributed by atoms with Gasteiger partial charge >= 0.3 is 5.97 Å². The molecule has 1 heterocycles. The van der Waals surface area contributed by atoms with Gasteiger partial charge in [0.05, 0.1) is 7.11 Å². The van der Waals surface area contributed by atoms with Crippen molar-refractivity contribution in [2.45, 2.75) is 26.3 Å². The standard InChI is InChI=1S/C16H20N2O3/c1-4-10(2)14(16(20)21-3)18-15(19)12-5-6-13-11(9-12)7-8-17-13/h5-10,14,17H,4H2,1-3H3,(H,18,19)/t10-,14+/m0/s1. The summed E-state index contributed by atoms with van der Waals surface area (Å²) >= 11 is 0. The van der Waals surface area contributed by atoms with E-state index in [0.717, 1.165) is 17.3 Å². The van der Waals surface area contributed by atoms with Gasteiger partial charge in [-0.15, -0.1) is 0 Å². The lowest BCUT2D eigenvalue weighted by molar-refractivity contribution is -0.144. The Labute approximate surface area is 123 Å². The summed E-state index contributed by atoms with van der Waals surface area (Å²) in [6.07, 6.45) is 2.60. The minimum absolute atomic E-state index is 0.0115. The number of benzene rings is 1. The van der Waals surface area contributed by atoms with E-state index in [1.807, 2.05) is 32.2 Å². The molecule has 0 aliphatic heterocycles. The number of esters is 1. The first-order valence-electron chi connectivity index (χ1n) is 7.02. The summed E-state index contributed by atoms with van der Waals surface area (Å²) in [4.78, 5) is 27.2. The third kappa shape index (κ3) is 3.24. The molecule has 0 unspecified atom stereocenters. The number of hydrogen-bond donors (Lipinski definition) is 2. The van der Waals surface area contributed by atoms with Crippen molar-refractivity contribution in [3.05, 3.63) is 36.0 Å². The number of hydrogen-bond acceptors (Lipinski definition) is 3. The molecule has 2 aromatic rings. The number of fused-ring (bicyclic) bond motifs is 1. The van der Waals surface area contributed by atoms with Crippen molar-refractivity contribution in [3.63, 3.8) is 0 Å². The number of amides is 1. The van der Waals surface area contributed by atoms with Gasteiger partial charge in [0, 0.05) is 22.7 Å². The number of nitrogens with one attached hydrogen (secondary N) is 2. The molecule has 0 saturated carbocycles. The third-order valence-electron chi connectivity index (χ3n) is 3.77. The highest BCUT2D eigenvalue weighted by molar-refractivity contribution is 5.99. The molecule has 1 amide bonds. The molecule has 5 heteroatoms. The molecular formula is C16H20N2O3. The number of aromatic nitrogens is 1. The van der Waals surface area contributed by atoms with E-state index in [4.69, 9.17) is 4.74 Å². The summed E-state index contributed by atoms with van der Waals surface area (Å²) in [5.41, 5.74) is 1.50. The largest absolute Gasteiger partial charge is 0.467 e. The summed E-state index contributed by atoms with van der Waals surface area (Å²) in [6, 6.07) is 6.65. The summed E-state index contributed by atoms with van der Waals surface area (Å²) in [5, 5.41) is 3.73. The number of aromatic amines is 1. The number of carbonyl (C=O) groups excluding carboxylic acids is 2. The maximum absolute atomic E-state index is 12.3. The van der Waals surface area contributed by atoms with Crippen LogP contribution in [0.5, 0.6) is 0 Å². The predicted octanol–water partition coefficient (Wildman–Crippen LogP) is 2.49. The monoisotopic (exact) mass is 288 g/mol. The fourth-order valence-corrected chi connectivity index (χ4v) is 2.22. The van der Waals surface area contributed by atoms with Crippen LogP contribution in [0, 0.1) is 5.92 Å². The van der Waals surface area contributed by atoms with Gasteiger partial charge in [-0.1, -0.05) is 20.3 Å². The molecule has 5 nitrogen and oxygen atoms in total. The third-order valence-corrected chi connectivity index (χ3v) is 3.77. The first kappa shape index (κ1) is 15.1. The van der Waals surface area contributed by atoms with Crippen molar-refractivity contribution in [1.82, 2.24) is 10.3 Å². The minimum Gasteiger partial charge on any atom is -0.467 e. The topological polar surface area (TPSA) is 71.2 Å². The van der Waals surface area contributed by atoms with Crippen LogP contribution in [0.2, 0.25) is 0 Å². The molecule has 112 valence electrons. The number of H-pyrrole nitrogens is 1. The van der Waals surface area contributed by atoms with Crippen molar-refractivity contribution in [1.29, 1.82) is 0 Å². The maximum Gasteiger partial charge on any atom is 0.328 e. The van der Waals surface area contributed by atoms with Crippen LogP contribution in [0.15, 0.2) is 30.5 Å². The molecular weight excluding hydrogens is 268 g/mol. The summed E-state index contributed by atoms with van der Waals surface area (Å²) < 4.78 is 4.77. The number of ether oxygens (including phenoxy) is 1. The zero-order chi connectivity index (χ0) is 15.4. The highest BCUT2D eigenvalue weighted by Gasteiger charge is 2.27. The van der Waals surface area contributed by atoms with Gasteiger partial charge in [-0.3, -0.25) is 4.79 Å². The molecule has 0 spiro atoms. The van der Waals surface area contributed by atoms with Crippen molar-refractivity contribution in [2.24, 2.45) is 5.92 Å². The van der Waals surface area contributed by atoms with Gasteiger partial charge in [0.1, 0.15) is 6.04 Å². The van der Waals surface area contributed by atoms with Gasteiger partial charge in [-0.25, -0.2) is 4.79 Å². The second kappa shape index (κ2) is 6.43. The van der Waals surface area contributed by atoms with E-state index >= 15 is 0 Å². The second-order valence-electron chi connectivity index (χ2n) is 5.14. The van der Waals surface area contributed by atoms with Crippen LogP contribution in [0.25, 0.3) is 10.9 Å². The van der Waals surface area contributed by atoms with E-state index in [-0.39, 0.29) is 11.8 Å². The van der Waals surface area contributed by atoms with Gasteiger partial charge in [-0.05, 0) is 30.2 Å². The molecule has 2 N–H and O–H groups in total. The number of rotatable bonds is 5. The molecule has 1 aromatic heterocycles. The van der Waals surface area contributed by atoms with Crippen LogP contribution in [0.1, 0.15) is 30.6 Å². The molecule has 0 aliphatic carbocycles. The molecule has 0 fully saturated rings. The van der Waals surface area contributed by atoms with E-state index in [1.54, 1.807) is 12.1 Å². The van der Waals surface area contributed by atoms with Gasteiger partial charge in [0.15, 0.2) is 0 Å². The van der Waals surface area contributed by atoms with E-state index in [0.29, 0.717) is 5.56 Å². The van der Waals surface area contributed by atoms with E-state index in [9.17, 15) is 9.59 Å². The fourth-order valence-electron chi connectivity index (χ4n) is 2.22. The van der Waals surface area contributed by atoms with Crippen LogP contribution in [-0.4, -0.2) is 30.0 Å². The zero-order valence-electron chi connectivity index (χ0n) is 12.5. The summed E-state index contributed by atoms with van der Waals surface area (Å²) in [5.74, 6) is -0.674. The average molecular weight is 288 g/mol. The fraction of sp³-hybridized carbons (Fsp3) is 0.375. The molecule has 2 rings (SSSR count). The van der Waals surface area contributed by atoms with Crippen molar-refractivity contribution < 1.29 is 14.3 Å². The van der Waals surface area contributed by atoms with Crippen molar-refractivity contribution in [2.75, 3.05) is 7.11 Å². The molecule has 0 saturated heterocycles. The van der Waals surface area contributed by atoms with E-state index < -0.39 is 12.0 Å². The van der Waals surface area contributed by atoms with Crippen LogP contribution >= 0.6 is 0 Å². The zero-order valence-corrected chi connectivity index (χ0v) is 12.5. The Hall–Kier alpha value is -2.30. The quantitative estimate of drug-likeness (QED) is 0.830. The maximum atomic E-state index is 12.3. The Morgan fingerprint density at radius 3 is 2.76 bits per heavy atom. The van der Waals surface area contributed by atoms with Gasteiger partial charge in [0.2, 0.25) is 0 Å². The van der Waals surface area contributed by atoms with Crippen LogP contribution in [0.4, 0.5) is 0 Å². The van der Waals surface area contributed by atoms with Crippen molar-refractivity contribution >= 4 is 22.8 Å². The molecule has 2 atom stereocenters. The van der Waals surface area contributed by atoms with Gasteiger partial charge < -0.3 is 15.0 Å². The first-order valence-corrected chi connectivity index (χ1v) is 7.02. The summed E-state index contributed by atoms with van der Waals surface area (Å²) in [7, 11) is 1.33. The Bertz CT molecular complexity index is 648. The Morgan fingerprint density at radius 1 is 1.33 bits per heavy atom. The lowest BCUT2D eigenvalue weighted by Crippen LogP contribution is -2.45. The molecule has 21 heavy (non-hydrogen) atoms. The average Bonchev–Trinajstić information content (AvgIpc) is 2.98. The molecule has 0 bridgehead atoms. The summed E-state index contributed by atoms with van der Waals surface area (Å²) in [6.45, 7) is 3.88. The van der Waals surface area contributed by atoms with Crippen LogP contribution < -0.4 is 5.32 Å². The van der Waals surface area contributed by atoms with Gasteiger partial charge in [-0.2, -0.15) is 0 Å². The van der Waals surface area contributed by atoms with Gasteiger partial charge in [0.25, 0.3) is 5.91 Å². The Kier molecular flexibility index (Phi) is 4.62. The normalized spacial score (nSPS) is 13.7. The van der Waals surface area contributed by atoms with Crippen molar-refractivity contribution in [3.8, 4) is 0 Å². The Morgan fingerprint density at radius 2 is 2.10 bits per heavy atom. The highest BCUT2D eigenvalue weighted by atomic mass is 16.5. The predicted molar refractivity (Wildman–Crippen MR) is 81.0 cm³/mol. The number of methoxy groups -OCH3 is 1. The Balaban J connectivity index is 2.19. The van der Waals surface area contributed by atoms with Crippen LogP contribution in [-0.2, 0) is 9.53 Å².